The second-order valence-electron chi connectivity index (χ2n) is 4.20. The van der Waals surface area contributed by atoms with E-state index in [0.717, 1.165) is 25.9 Å². The number of amides is 2. The van der Waals surface area contributed by atoms with Crippen LogP contribution in [0, 0.1) is 0 Å². The van der Waals surface area contributed by atoms with Gasteiger partial charge in [0.2, 0.25) is 5.91 Å². The fraction of sp³-hybridized carbons (Fsp3) is 0.500. The van der Waals surface area contributed by atoms with Crippen LogP contribution in [0.5, 0.6) is 0 Å². The highest BCUT2D eigenvalue weighted by molar-refractivity contribution is 7.12. The van der Waals surface area contributed by atoms with E-state index >= 15 is 0 Å². The average Bonchev–Trinajstić information content (AvgIpc) is 3.00. The normalized spacial score (nSPS) is 16.9. The van der Waals surface area contributed by atoms with Crippen molar-refractivity contribution >= 4 is 23.2 Å². The molecule has 2 amide bonds. The van der Waals surface area contributed by atoms with Gasteiger partial charge < -0.3 is 10.2 Å². The first kappa shape index (κ1) is 12.1. The van der Waals surface area contributed by atoms with Crippen LogP contribution in [0.4, 0.5) is 0 Å². The molecule has 1 N–H and O–H groups in total. The number of carbonyl (C=O) groups is 2. The lowest BCUT2D eigenvalue weighted by Gasteiger charge is -2.20. The summed E-state index contributed by atoms with van der Waals surface area (Å²) in [5.41, 5.74) is 0. The fourth-order valence-corrected chi connectivity index (χ4v) is 2.58. The van der Waals surface area contributed by atoms with Crippen LogP contribution in [-0.2, 0) is 4.79 Å². The van der Waals surface area contributed by atoms with Crippen molar-refractivity contribution in [2.45, 2.75) is 25.8 Å². The standard InChI is InChI=1S/C12H16N2O2S/c1-9(12(16)14-6-2-3-7-14)13-11(15)10-5-4-8-17-10/h4-5,8-9H,2-3,6-7H2,1H3,(H,13,15)/t9-/m0/s1. The molecule has 1 aromatic rings. The van der Waals surface area contributed by atoms with Crippen LogP contribution in [0.3, 0.4) is 0 Å². The number of rotatable bonds is 3. The molecule has 0 bridgehead atoms. The predicted molar refractivity (Wildman–Crippen MR) is 67.1 cm³/mol. The third-order valence-corrected chi connectivity index (χ3v) is 3.75. The van der Waals surface area contributed by atoms with Crippen LogP contribution in [0.1, 0.15) is 29.4 Å². The highest BCUT2D eigenvalue weighted by atomic mass is 32.1. The molecule has 5 heteroatoms. The van der Waals surface area contributed by atoms with Crippen molar-refractivity contribution in [3.8, 4) is 0 Å². The molecule has 1 fully saturated rings. The first-order valence-electron chi connectivity index (χ1n) is 5.81. The topological polar surface area (TPSA) is 49.4 Å². The van der Waals surface area contributed by atoms with Gasteiger partial charge in [-0.15, -0.1) is 11.3 Å². The summed E-state index contributed by atoms with van der Waals surface area (Å²) in [5.74, 6) is -0.146. The molecule has 1 aromatic heterocycles. The van der Waals surface area contributed by atoms with Crippen molar-refractivity contribution in [3.05, 3.63) is 22.4 Å². The Balaban J connectivity index is 1.90. The van der Waals surface area contributed by atoms with E-state index in [4.69, 9.17) is 0 Å². The zero-order valence-corrected chi connectivity index (χ0v) is 10.6. The van der Waals surface area contributed by atoms with Crippen molar-refractivity contribution in [2.75, 3.05) is 13.1 Å². The molecule has 1 aliphatic rings. The molecule has 17 heavy (non-hydrogen) atoms. The monoisotopic (exact) mass is 252 g/mol. The number of carbonyl (C=O) groups excluding carboxylic acids is 2. The lowest BCUT2D eigenvalue weighted by atomic mass is 10.3. The molecule has 1 saturated heterocycles. The Morgan fingerprint density at radius 2 is 2.12 bits per heavy atom. The summed E-state index contributed by atoms with van der Waals surface area (Å²) >= 11 is 1.38. The molecule has 0 unspecified atom stereocenters. The summed E-state index contributed by atoms with van der Waals surface area (Å²) in [6, 6.07) is 3.14. The minimum Gasteiger partial charge on any atom is -0.341 e. The minimum absolute atomic E-state index is 0.0207. The Bertz CT molecular complexity index is 397. The number of likely N-dealkylation sites (tertiary alicyclic amines) is 1. The van der Waals surface area contributed by atoms with Gasteiger partial charge in [0.15, 0.2) is 0 Å². The Morgan fingerprint density at radius 1 is 1.41 bits per heavy atom. The summed E-state index contributed by atoms with van der Waals surface area (Å²) in [5, 5.41) is 4.59. The Labute approximate surface area is 105 Å². The molecule has 0 spiro atoms. The molecule has 2 heterocycles. The summed E-state index contributed by atoms with van der Waals surface area (Å²) in [4.78, 5) is 26.2. The summed E-state index contributed by atoms with van der Waals surface area (Å²) in [6.45, 7) is 3.38. The quantitative estimate of drug-likeness (QED) is 0.886. The van der Waals surface area contributed by atoms with Gasteiger partial charge in [0.05, 0.1) is 4.88 Å². The Hall–Kier alpha value is -1.36. The van der Waals surface area contributed by atoms with E-state index in [-0.39, 0.29) is 11.8 Å². The molecule has 0 aliphatic carbocycles. The number of thiophene rings is 1. The van der Waals surface area contributed by atoms with E-state index in [9.17, 15) is 9.59 Å². The maximum absolute atomic E-state index is 12.0. The summed E-state index contributed by atoms with van der Waals surface area (Å²) in [7, 11) is 0. The lowest BCUT2D eigenvalue weighted by Crippen LogP contribution is -2.45. The van der Waals surface area contributed by atoms with E-state index < -0.39 is 6.04 Å². The smallest absolute Gasteiger partial charge is 0.261 e. The molecule has 0 radical (unpaired) electrons. The van der Waals surface area contributed by atoms with Crippen LogP contribution >= 0.6 is 11.3 Å². The van der Waals surface area contributed by atoms with Gasteiger partial charge in [-0.05, 0) is 31.2 Å². The third kappa shape index (κ3) is 2.85. The minimum atomic E-state index is -0.442. The van der Waals surface area contributed by atoms with Crippen LogP contribution in [0.2, 0.25) is 0 Å². The molecule has 92 valence electrons. The van der Waals surface area contributed by atoms with Crippen LogP contribution in [-0.4, -0.2) is 35.8 Å². The maximum atomic E-state index is 12.0. The van der Waals surface area contributed by atoms with Crippen molar-refractivity contribution in [1.82, 2.24) is 10.2 Å². The van der Waals surface area contributed by atoms with E-state index in [1.165, 1.54) is 11.3 Å². The Kier molecular flexibility index (Phi) is 3.78. The van der Waals surface area contributed by atoms with Crippen molar-refractivity contribution in [1.29, 1.82) is 0 Å². The highest BCUT2D eigenvalue weighted by Gasteiger charge is 2.24. The first-order valence-corrected chi connectivity index (χ1v) is 6.69. The van der Waals surface area contributed by atoms with Gasteiger partial charge in [0, 0.05) is 13.1 Å². The zero-order chi connectivity index (χ0) is 12.3. The highest BCUT2D eigenvalue weighted by Crippen LogP contribution is 2.11. The third-order valence-electron chi connectivity index (χ3n) is 2.88. The second-order valence-corrected chi connectivity index (χ2v) is 5.15. The van der Waals surface area contributed by atoms with Crippen LogP contribution < -0.4 is 5.32 Å². The van der Waals surface area contributed by atoms with Crippen molar-refractivity contribution in [3.63, 3.8) is 0 Å². The molecular formula is C12H16N2O2S. The molecule has 0 aromatic carbocycles. The number of nitrogens with zero attached hydrogens (tertiary/aromatic N) is 1. The van der Waals surface area contributed by atoms with E-state index in [2.05, 4.69) is 5.32 Å². The van der Waals surface area contributed by atoms with E-state index in [1.54, 1.807) is 13.0 Å². The van der Waals surface area contributed by atoms with Gasteiger partial charge in [-0.3, -0.25) is 9.59 Å². The number of hydrogen-bond donors (Lipinski definition) is 1. The van der Waals surface area contributed by atoms with Gasteiger partial charge in [-0.25, -0.2) is 0 Å². The number of hydrogen-bond acceptors (Lipinski definition) is 3. The molecule has 2 rings (SSSR count). The van der Waals surface area contributed by atoms with Crippen molar-refractivity contribution < 1.29 is 9.59 Å². The second kappa shape index (κ2) is 5.31. The first-order chi connectivity index (χ1) is 8.18. The molecule has 1 atom stereocenters. The molecule has 0 saturated carbocycles. The Morgan fingerprint density at radius 3 is 2.71 bits per heavy atom. The molecule has 1 aliphatic heterocycles. The number of nitrogens with one attached hydrogen (secondary N) is 1. The molecular weight excluding hydrogens is 236 g/mol. The largest absolute Gasteiger partial charge is 0.341 e. The van der Waals surface area contributed by atoms with Crippen LogP contribution in [0.15, 0.2) is 17.5 Å². The maximum Gasteiger partial charge on any atom is 0.261 e. The predicted octanol–water partition coefficient (Wildman–Crippen LogP) is 1.49. The average molecular weight is 252 g/mol. The van der Waals surface area contributed by atoms with Gasteiger partial charge >= 0.3 is 0 Å². The fourth-order valence-electron chi connectivity index (χ4n) is 1.95. The van der Waals surface area contributed by atoms with E-state index in [1.807, 2.05) is 16.3 Å². The summed E-state index contributed by atoms with van der Waals surface area (Å²) < 4.78 is 0. The van der Waals surface area contributed by atoms with Gasteiger partial charge in [0.1, 0.15) is 6.04 Å². The van der Waals surface area contributed by atoms with Gasteiger partial charge in [0.25, 0.3) is 5.91 Å². The summed E-state index contributed by atoms with van der Waals surface area (Å²) in [6.07, 6.45) is 2.13. The SMILES string of the molecule is C[C@H](NC(=O)c1cccs1)C(=O)N1CCCC1. The van der Waals surface area contributed by atoms with Gasteiger partial charge in [-0.1, -0.05) is 6.07 Å². The molecule has 4 nitrogen and oxygen atoms in total. The van der Waals surface area contributed by atoms with Crippen molar-refractivity contribution in [2.24, 2.45) is 0 Å². The van der Waals surface area contributed by atoms with Crippen LogP contribution in [0.25, 0.3) is 0 Å². The van der Waals surface area contributed by atoms with E-state index in [0.29, 0.717) is 4.88 Å². The zero-order valence-electron chi connectivity index (χ0n) is 9.81. The lowest BCUT2D eigenvalue weighted by molar-refractivity contribution is -0.131. The van der Waals surface area contributed by atoms with Gasteiger partial charge in [-0.2, -0.15) is 0 Å².